The van der Waals surface area contributed by atoms with Gasteiger partial charge in [0.2, 0.25) is 11.8 Å². The van der Waals surface area contributed by atoms with Crippen LogP contribution in [0.3, 0.4) is 0 Å². The summed E-state index contributed by atoms with van der Waals surface area (Å²) < 4.78 is 16.0. The summed E-state index contributed by atoms with van der Waals surface area (Å²) >= 11 is 1.40. The number of rotatable bonds is 8. The van der Waals surface area contributed by atoms with E-state index in [1.165, 1.54) is 11.8 Å². The maximum absolute atomic E-state index is 12.1. The smallest absolute Gasteiger partial charge is 0.257 e. The fourth-order valence-corrected chi connectivity index (χ4v) is 3.45. The lowest BCUT2D eigenvalue weighted by molar-refractivity contribution is -0.116. The number of nitrogens with zero attached hydrogens (tertiary/aromatic N) is 3. The molecule has 1 N–H and O–H groups in total. The minimum absolute atomic E-state index is 0.129. The molecular formula is C21H20N4O4S. The number of thioether (sulfide) groups is 1. The Balaban J connectivity index is 1.26. The van der Waals surface area contributed by atoms with Gasteiger partial charge >= 0.3 is 0 Å². The summed E-state index contributed by atoms with van der Waals surface area (Å²) in [6, 6.07) is 13.0. The van der Waals surface area contributed by atoms with Crippen LogP contribution < -0.4 is 10.1 Å². The van der Waals surface area contributed by atoms with Gasteiger partial charge in [0.25, 0.3) is 5.22 Å². The number of benzene rings is 2. The van der Waals surface area contributed by atoms with E-state index >= 15 is 0 Å². The molecule has 9 heteroatoms. The lowest BCUT2D eigenvalue weighted by atomic mass is 10.2. The van der Waals surface area contributed by atoms with E-state index in [0.29, 0.717) is 34.8 Å². The first-order chi connectivity index (χ1) is 14.6. The molecule has 0 saturated carbocycles. The third-order valence-electron chi connectivity index (χ3n) is 4.30. The number of nitrogens with one attached hydrogen (secondary N) is 1. The number of amides is 1. The molecule has 2 heterocycles. The van der Waals surface area contributed by atoms with Crippen LogP contribution in [-0.2, 0) is 17.0 Å². The number of aryl methyl sites for hydroxylation is 2. The van der Waals surface area contributed by atoms with Crippen molar-refractivity contribution >= 4 is 34.5 Å². The molecule has 0 bridgehead atoms. The SMILES string of the molecule is COc1ccc(NC(=O)CCc2nc(CSc3nc4cc(C)ccc4o3)no2)cc1. The molecule has 0 spiro atoms. The van der Waals surface area contributed by atoms with Crippen molar-refractivity contribution < 1.29 is 18.5 Å². The van der Waals surface area contributed by atoms with Crippen LogP contribution in [0.15, 0.2) is 56.6 Å². The second-order valence-corrected chi connectivity index (χ2v) is 7.55. The van der Waals surface area contributed by atoms with E-state index in [1.54, 1.807) is 31.4 Å². The topological polar surface area (TPSA) is 103 Å². The third kappa shape index (κ3) is 4.98. The Kier molecular flexibility index (Phi) is 5.99. The van der Waals surface area contributed by atoms with Gasteiger partial charge in [0.05, 0.1) is 12.9 Å². The Morgan fingerprint density at radius 1 is 1.17 bits per heavy atom. The maximum Gasteiger partial charge on any atom is 0.257 e. The molecule has 0 aliphatic carbocycles. The number of methoxy groups -OCH3 is 1. The Morgan fingerprint density at radius 3 is 2.80 bits per heavy atom. The van der Waals surface area contributed by atoms with Gasteiger partial charge in [-0.2, -0.15) is 4.98 Å². The van der Waals surface area contributed by atoms with Gasteiger partial charge in [-0.05, 0) is 48.9 Å². The Labute approximate surface area is 177 Å². The maximum atomic E-state index is 12.1. The van der Waals surface area contributed by atoms with Gasteiger partial charge in [-0.25, -0.2) is 4.98 Å². The number of hydrogen-bond donors (Lipinski definition) is 1. The summed E-state index contributed by atoms with van der Waals surface area (Å²) in [5.74, 6) is 2.02. The van der Waals surface area contributed by atoms with Gasteiger partial charge in [0.1, 0.15) is 11.3 Å². The molecule has 0 saturated heterocycles. The highest BCUT2D eigenvalue weighted by Gasteiger charge is 2.12. The molecule has 0 atom stereocenters. The molecule has 0 radical (unpaired) electrons. The molecule has 30 heavy (non-hydrogen) atoms. The van der Waals surface area contributed by atoms with E-state index in [9.17, 15) is 4.79 Å². The molecular weight excluding hydrogens is 404 g/mol. The van der Waals surface area contributed by atoms with Crippen LogP contribution in [0.4, 0.5) is 5.69 Å². The number of hydrogen-bond acceptors (Lipinski definition) is 8. The van der Waals surface area contributed by atoms with Gasteiger partial charge in [-0.15, -0.1) is 0 Å². The van der Waals surface area contributed by atoms with E-state index in [1.807, 2.05) is 25.1 Å². The number of aromatic nitrogens is 3. The normalized spacial score (nSPS) is 11.0. The molecule has 2 aromatic carbocycles. The molecule has 8 nitrogen and oxygen atoms in total. The van der Waals surface area contributed by atoms with Gasteiger partial charge in [0, 0.05) is 18.5 Å². The zero-order valence-electron chi connectivity index (χ0n) is 16.5. The summed E-state index contributed by atoms with van der Waals surface area (Å²) in [5, 5.41) is 7.34. The van der Waals surface area contributed by atoms with Crippen molar-refractivity contribution in [1.29, 1.82) is 0 Å². The van der Waals surface area contributed by atoms with Crippen LogP contribution in [0.25, 0.3) is 11.1 Å². The second-order valence-electron chi connectivity index (χ2n) is 6.62. The van der Waals surface area contributed by atoms with Crippen LogP contribution in [0, 0.1) is 6.92 Å². The first kappa shape index (κ1) is 20.0. The molecule has 0 aliphatic heterocycles. The molecule has 4 aromatic rings. The van der Waals surface area contributed by atoms with E-state index in [4.69, 9.17) is 13.7 Å². The van der Waals surface area contributed by atoms with Crippen molar-refractivity contribution in [2.75, 3.05) is 12.4 Å². The molecule has 1 amide bonds. The summed E-state index contributed by atoms with van der Waals surface area (Å²) in [6.45, 7) is 2.01. The lowest BCUT2D eigenvalue weighted by Gasteiger charge is -2.05. The van der Waals surface area contributed by atoms with Gasteiger partial charge in [-0.1, -0.05) is 23.0 Å². The van der Waals surface area contributed by atoms with E-state index in [-0.39, 0.29) is 12.3 Å². The van der Waals surface area contributed by atoms with E-state index in [2.05, 4.69) is 20.4 Å². The molecule has 2 aromatic heterocycles. The average Bonchev–Trinajstić information content (AvgIpc) is 3.37. The third-order valence-corrected chi connectivity index (χ3v) is 5.12. The lowest BCUT2D eigenvalue weighted by Crippen LogP contribution is -2.12. The largest absolute Gasteiger partial charge is 0.497 e. The predicted molar refractivity (Wildman–Crippen MR) is 113 cm³/mol. The molecule has 0 unspecified atom stereocenters. The Morgan fingerprint density at radius 2 is 2.00 bits per heavy atom. The molecule has 4 rings (SSSR count). The van der Waals surface area contributed by atoms with Crippen molar-refractivity contribution in [3.05, 3.63) is 59.7 Å². The zero-order valence-corrected chi connectivity index (χ0v) is 17.4. The van der Waals surface area contributed by atoms with E-state index in [0.717, 1.165) is 22.4 Å². The quantitative estimate of drug-likeness (QED) is 0.415. The summed E-state index contributed by atoms with van der Waals surface area (Å²) in [4.78, 5) is 20.9. The van der Waals surface area contributed by atoms with Crippen LogP contribution >= 0.6 is 11.8 Å². The minimum Gasteiger partial charge on any atom is -0.497 e. The zero-order chi connectivity index (χ0) is 20.9. The Hall–Kier alpha value is -3.33. The molecule has 0 aliphatic rings. The highest BCUT2D eigenvalue weighted by atomic mass is 32.2. The number of carbonyl (C=O) groups excluding carboxylic acids is 1. The highest BCUT2D eigenvalue weighted by Crippen LogP contribution is 2.26. The standard InChI is InChI=1S/C21H20N4O4S/c1-13-3-8-17-16(11-13)23-21(28-17)30-12-18-24-20(29-25-18)10-9-19(26)22-14-4-6-15(27-2)7-5-14/h3-8,11H,9-10,12H2,1-2H3,(H,22,26). The Bertz CT molecular complexity index is 1150. The van der Waals surface area contributed by atoms with Crippen LogP contribution in [0.1, 0.15) is 23.7 Å². The summed E-state index contributed by atoms with van der Waals surface area (Å²) in [5.41, 5.74) is 3.41. The van der Waals surface area contributed by atoms with Crippen LogP contribution in [0.2, 0.25) is 0 Å². The van der Waals surface area contributed by atoms with Crippen LogP contribution in [0.5, 0.6) is 5.75 Å². The number of oxazole rings is 1. The van der Waals surface area contributed by atoms with Gasteiger partial charge in [0.15, 0.2) is 11.4 Å². The molecule has 0 fully saturated rings. The van der Waals surface area contributed by atoms with Gasteiger partial charge in [-0.3, -0.25) is 4.79 Å². The molecule has 154 valence electrons. The van der Waals surface area contributed by atoms with Crippen LogP contribution in [-0.4, -0.2) is 28.1 Å². The van der Waals surface area contributed by atoms with Crippen molar-refractivity contribution in [1.82, 2.24) is 15.1 Å². The van der Waals surface area contributed by atoms with E-state index < -0.39 is 0 Å². The fourth-order valence-electron chi connectivity index (χ4n) is 2.77. The minimum atomic E-state index is -0.129. The van der Waals surface area contributed by atoms with Gasteiger partial charge < -0.3 is 19.0 Å². The van der Waals surface area contributed by atoms with Crippen molar-refractivity contribution in [2.45, 2.75) is 30.7 Å². The number of ether oxygens (including phenoxy) is 1. The number of anilines is 1. The second kappa shape index (κ2) is 9.00. The number of carbonyl (C=O) groups is 1. The van der Waals surface area contributed by atoms with Crippen molar-refractivity contribution in [3.63, 3.8) is 0 Å². The predicted octanol–water partition coefficient (Wildman–Crippen LogP) is 4.39. The number of fused-ring (bicyclic) bond motifs is 1. The first-order valence-corrected chi connectivity index (χ1v) is 10.3. The van der Waals surface area contributed by atoms with Crippen molar-refractivity contribution in [3.8, 4) is 5.75 Å². The first-order valence-electron chi connectivity index (χ1n) is 9.34. The fraction of sp³-hybridized carbons (Fsp3) is 0.238. The summed E-state index contributed by atoms with van der Waals surface area (Å²) in [6.07, 6.45) is 0.604. The highest BCUT2D eigenvalue weighted by molar-refractivity contribution is 7.98. The average molecular weight is 424 g/mol. The monoisotopic (exact) mass is 424 g/mol. The van der Waals surface area contributed by atoms with Crippen molar-refractivity contribution in [2.24, 2.45) is 0 Å². The summed E-state index contributed by atoms with van der Waals surface area (Å²) in [7, 11) is 1.60.